The number of nitrogens with two attached hydrogens (primary N) is 1. The molecule has 1 aliphatic rings. The fourth-order valence-electron chi connectivity index (χ4n) is 1.54. The predicted octanol–water partition coefficient (Wildman–Crippen LogP) is 2.28. The van der Waals surface area contributed by atoms with Gasteiger partial charge in [0, 0.05) is 15.7 Å². The van der Waals surface area contributed by atoms with Crippen molar-refractivity contribution >= 4 is 57.6 Å². The highest BCUT2D eigenvalue weighted by Crippen LogP contribution is 2.25. The van der Waals surface area contributed by atoms with Crippen LogP contribution >= 0.6 is 35.0 Å². The number of amides is 2. The van der Waals surface area contributed by atoms with Gasteiger partial charge < -0.3 is 11.1 Å². The molecule has 0 aliphatic carbocycles. The Kier molecular flexibility index (Phi) is 4.34. The second-order valence-corrected chi connectivity index (χ2v) is 5.90. The van der Waals surface area contributed by atoms with Crippen molar-refractivity contribution in [2.45, 2.75) is 11.7 Å². The van der Waals surface area contributed by atoms with Gasteiger partial charge in [0.15, 0.2) is 5.17 Å². The quantitative estimate of drug-likeness (QED) is 0.876. The molecule has 1 atom stereocenters. The number of carbonyl (C=O) groups excluding carboxylic acids is 2. The fourth-order valence-corrected chi connectivity index (χ4v) is 2.90. The number of hydrogen-bond acceptors (Lipinski definition) is 4. The zero-order chi connectivity index (χ0) is 14.0. The van der Waals surface area contributed by atoms with Gasteiger partial charge >= 0.3 is 0 Å². The van der Waals surface area contributed by atoms with Crippen LogP contribution in [0.15, 0.2) is 23.2 Å². The van der Waals surface area contributed by atoms with Crippen molar-refractivity contribution in [3.63, 3.8) is 0 Å². The first-order chi connectivity index (χ1) is 8.94. The molecular weight excluding hydrogens is 309 g/mol. The Morgan fingerprint density at radius 1 is 1.37 bits per heavy atom. The highest BCUT2D eigenvalue weighted by atomic mass is 35.5. The summed E-state index contributed by atoms with van der Waals surface area (Å²) >= 11 is 12.7. The zero-order valence-corrected chi connectivity index (χ0v) is 11.9. The molecule has 0 saturated carbocycles. The molecule has 2 amide bonds. The number of anilines is 1. The Morgan fingerprint density at radius 2 is 2.00 bits per heavy atom. The molecule has 100 valence electrons. The summed E-state index contributed by atoms with van der Waals surface area (Å²) in [5.41, 5.74) is 5.93. The molecule has 1 heterocycles. The van der Waals surface area contributed by atoms with Crippen LogP contribution in [0.3, 0.4) is 0 Å². The number of amidine groups is 1. The molecule has 3 N–H and O–H groups in total. The monoisotopic (exact) mass is 317 g/mol. The molecule has 0 aromatic heterocycles. The topological polar surface area (TPSA) is 84.5 Å². The lowest BCUT2D eigenvalue weighted by atomic mass is 10.2. The summed E-state index contributed by atoms with van der Waals surface area (Å²) in [5.74, 6) is -0.741. The predicted molar refractivity (Wildman–Crippen MR) is 77.7 cm³/mol. The highest BCUT2D eigenvalue weighted by Gasteiger charge is 2.28. The van der Waals surface area contributed by atoms with Crippen molar-refractivity contribution in [2.24, 2.45) is 10.7 Å². The van der Waals surface area contributed by atoms with Crippen molar-refractivity contribution < 1.29 is 9.59 Å². The molecule has 1 aromatic carbocycles. The number of thioether (sulfide) groups is 1. The summed E-state index contributed by atoms with van der Waals surface area (Å²) in [4.78, 5) is 26.8. The summed E-state index contributed by atoms with van der Waals surface area (Å²) in [6.45, 7) is 0. The van der Waals surface area contributed by atoms with E-state index in [0.29, 0.717) is 15.7 Å². The van der Waals surface area contributed by atoms with Crippen molar-refractivity contribution in [3.8, 4) is 0 Å². The van der Waals surface area contributed by atoms with E-state index in [-0.39, 0.29) is 17.5 Å². The van der Waals surface area contributed by atoms with E-state index in [9.17, 15) is 9.59 Å². The SMILES string of the molecule is NC1=NC(=O)C[C@H](C(=O)Nc2cc(Cl)cc(Cl)c2)S1. The molecule has 2 rings (SSSR count). The molecule has 1 aliphatic heterocycles. The standard InChI is InChI=1S/C11H9Cl2N3O2S/c12-5-1-6(13)3-7(2-5)15-10(18)8-4-9(17)16-11(14)19-8/h1-3,8H,4H2,(H,15,18)(H2,14,16,17)/t8-/m1/s1. The van der Waals surface area contributed by atoms with Crippen LogP contribution in [0.5, 0.6) is 0 Å². The number of carbonyl (C=O) groups is 2. The number of benzene rings is 1. The molecule has 5 nitrogen and oxygen atoms in total. The van der Waals surface area contributed by atoms with Crippen LogP contribution < -0.4 is 11.1 Å². The summed E-state index contributed by atoms with van der Waals surface area (Å²) in [6.07, 6.45) is 0.0193. The Balaban J connectivity index is 2.09. The molecule has 1 aromatic rings. The third-order valence-corrected chi connectivity index (χ3v) is 3.71. The van der Waals surface area contributed by atoms with Crippen LogP contribution in [0.2, 0.25) is 10.0 Å². The Morgan fingerprint density at radius 3 is 2.58 bits per heavy atom. The Bertz CT molecular complexity index is 557. The average molecular weight is 318 g/mol. The minimum atomic E-state index is -0.595. The average Bonchev–Trinajstić information content (AvgIpc) is 2.25. The zero-order valence-electron chi connectivity index (χ0n) is 9.52. The first-order valence-electron chi connectivity index (χ1n) is 5.24. The highest BCUT2D eigenvalue weighted by molar-refractivity contribution is 8.15. The van der Waals surface area contributed by atoms with E-state index in [1.807, 2.05) is 0 Å². The molecule has 0 fully saturated rings. The van der Waals surface area contributed by atoms with E-state index in [1.54, 1.807) is 18.2 Å². The van der Waals surface area contributed by atoms with Gasteiger partial charge in [0.1, 0.15) is 5.25 Å². The maximum atomic E-state index is 12.0. The molecule has 8 heteroatoms. The molecular formula is C11H9Cl2N3O2S. The lowest BCUT2D eigenvalue weighted by molar-refractivity contribution is -0.121. The van der Waals surface area contributed by atoms with Gasteiger partial charge in [-0.15, -0.1) is 0 Å². The first kappa shape index (κ1) is 14.2. The molecule has 0 saturated heterocycles. The summed E-state index contributed by atoms with van der Waals surface area (Å²) in [5, 5.41) is 2.97. The number of nitrogens with one attached hydrogen (secondary N) is 1. The number of nitrogens with zero attached hydrogens (tertiary/aromatic N) is 1. The third kappa shape index (κ3) is 3.86. The third-order valence-electron chi connectivity index (χ3n) is 2.28. The van der Waals surface area contributed by atoms with Crippen LogP contribution in [-0.4, -0.2) is 22.2 Å². The minimum Gasteiger partial charge on any atom is -0.378 e. The number of aliphatic imine (C=N–C) groups is 1. The minimum absolute atomic E-state index is 0.0193. The number of hydrogen-bond donors (Lipinski definition) is 2. The van der Waals surface area contributed by atoms with Crippen molar-refractivity contribution in [3.05, 3.63) is 28.2 Å². The van der Waals surface area contributed by atoms with Crippen LogP contribution in [0.1, 0.15) is 6.42 Å². The lowest BCUT2D eigenvalue weighted by Gasteiger charge is -2.17. The van der Waals surface area contributed by atoms with E-state index in [0.717, 1.165) is 11.8 Å². The Hall–Kier alpha value is -1.24. The van der Waals surface area contributed by atoms with Crippen LogP contribution in [-0.2, 0) is 9.59 Å². The van der Waals surface area contributed by atoms with Gasteiger partial charge in [0.25, 0.3) is 0 Å². The largest absolute Gasteiger partial charge is 0.378 e. The van der Waals surface area contributed by atoms with E-state index in [1.165, 1.54) is 0 Å². The second-order valence-electron chi connectivity index (χ2n) is 3.80. The van der Waals surface area contributed by atoms with Gasteiger partial charge in [-0.2, -0.15) is 4.99 Å². The Labute approximate surface area is 123 Å². The summed E-state index contributed by atoms with van der Waals surface area (Å²) < 4.78 is 0. The van der Waals surface area contributed by atoms with E-state index in [2.05, 4.69) is 10.3 Å². The fraction of sp³-hybridized carbons (Fsp3) is 0.182. The van der Waals surface area contributed by atoms with Crippen molar-refractivity contribution in [1.82, 2.24) is 0 Å². The molecule has 0 radical (unpaired) electrons. The van der Waals surface area contributed by atoms with Crippen molar-refractivity contribution in [1.29, 1.82) is 0 Å². The first-order valence-corrected chi connectivity index (χ1v) is 6.88. The maximum Gasteiger partial charge on any atom is 0.249 e. The van der Waals surface area contributed by atoms with Crippen LogP contribution in [0, 0.1) is 0 Å². The second kappa shape index (κ2) is 5.81. The van der Waals surface area contributed by atoms with Gasteiger partial charge in [-0.25, -0.2) is 0 Å². The van der Waals surface area contributed by atoms with Crippen molar-refractivity contribution in [2.75, 3.05) is 5.32 Å². The van der Waals surface area contributed by atoms with Gasteiger partial charge in [-0.3, -0.25) is 9.59 Å². The van der Waals surface area contributed by atoms with E-state index < -0.39 is 11.2 Å². The molecule has 19 heavy (non-hydrogen) atoms. The molecule has 0 unspecified atom stereocenters. The van der Waals surface area contributed by atoms with E-state index >= 15 is 0 Å². The maximum absolute atomic E-state index is 12.0. The lowest BCUT2D eigenvalue weighted by Crippen LogP contribution is -2.33. The van der Waals surface area contributed by atoms with Crippen LogP contribution in [0.25, 0.3) is 0 Å². The number of halogens is 2. The van der Waals surface area contributed by atoms with Gasteiger partial charge in [0.05, 0.1) is 6.42 Å². The normalized spacial score (nSPS) is 18.9. The molecule has 0 bridgehead atoms. The van der Waals surface area contributed by atoms with Gasteiger partial charge in [-0.1, -0.05) is 35.0 Å². The van der Waals surface area contributed by atoms with Gasteiger partial charge in [0.2, 0.25) is 11.8 Å². The smallest absolute Gasteiger partial charge is 0.249 e. The van der Waals surface area contributed by atoms with Gasteiger partial charge in [-0.05, 0) is 18.2 Å². The molecule has 0 spiro atoms. The summed E-state index contributed by atoms with van der Waals surface area (Å²) in [7, 11) is 0. The van der Waals surface area contributed by atoms with Crippen LogP contribution in [0.4, 0.5) is 5.69 Å². The summed E-state index contributed by atoms with van der Waals surface area (Å²) in [6, 6.07) is 4.69. The van der Waals surface area contributed by atoms with E-state index in [4.69, 9.17) is 28.9 Å². The number of rotatable bonds is 2.